The monoisotopic (exact) mass is 493 g/mol. The van der Waals surface area contributed by atoms with Crippen LogP contribution >= 0.6 is 0 Å². The molecule has 0 unspecified atom stereocenters. The van der Waals surface area contributed by atoms with Gasteiger partial charge in [-0.05, 0) is 105 Å². The lowest BCUT2D eigenvalue weighted by Crippen LogP contribution is -2.58. The van der Waals surface area contributed by atoms with Crippen molar-refractivity contribution >= 4 is 5.91 Å². The van der Waals surface area contributed by atoms with Crippen LogP contribution in [0.2, 0.25) is 0 Å². The quantitative estimate of drug-likeness (QED) is 0.412. The molecule has 0 saturated heterocycles. The summed E-state index contributed by atoms with van der Waals surface area (Å²) >= 11 is 0. The van der Waals surface area contributed by atoms with Crippen molar-refractivity contribution in [3.63, 3.8) is 0 Å². The molecule has 0 spiro atoms. The SMILES string of the molecule is COCCOCCNC(=O)CCC[C@H]1CC[C@H]2[C@@H]3[C@H](OC)C[C@@H]4C[C@H](O)CC[C@]4(C)[C@H]3CC[C@]12C. The second-order valence-corrected chi connectivity index (χ2v) is 12.6. The summed E-state index contributed by atoms with van der Waals surface area (Å²) in [6, 6.07) is 0. The maximum atomic E-state index is 12.3. The topological polar surface area (TPSA) is 77.0 Å². The number of aliphatic hydroxyl groups excluding tert-OH is 1. The van der Waals surface area contributed by atoms with Gasteiger partial charge in [0.15, 0.2) is 0 Å². The molecule has 2 N–H and O–H groups in total. The Balaban J connectivity index is 1.30. The Bertz CT molecular complexity index is 703. The van der Waals surface area contributed by atoms with Gasteiger partial charge in [0, 0.05) is 27.2 Å². The van der Waals surface area contributed by atoms with Crippen molar-refractivity contribution in [2.45, 2.75) is 96.7 Å². The number of methoxy groups -OCH3 is 2. The summed E-state index contributed by atoms with van der Waals surface area (Å²) in [5.41, 5.74) is 0.741. The summed E-state index contributed by atoms with van der Waals surface area (Å²) in [5, 5.41) is 13.4. The minimum Gasteiger partial charge on any atom is -0.393 e. The molecule has 0 heterocycles. The Labute approximate surface area is 213 Å². The summed E-state index contributed by atoms with van der Waals surface area (Å²) in [7, 11) is 3.58. The first-order chi connectivity index (χ1) is 16.8. The third-order valence-corrected chi connectivity index (χ3v) is 11.1. The summed E-state index contributed by atoms with van der Waals surface area (Å²) in [6.45, 7) is 7.38. The van der Waals surface area contributed by atoms with Crippen LogP contribution in [0.15, 0.2) is 0 Å². The van der Waals surface area contributed by atoms with Crippen LogP contribution in [0.4, 0.5) is 0 Å². The van der Waals surface area contributed by atoms with E-state index in [0.717, 1.165) is 49.9 Å². The van der Waals surface area contributed by atoms with Gasteiger partial charge in [-0.2, -0.15) is 0 Å². The predicted octanol–water partition coefficient (Wildman–Crippen LogP) is 4.58. The molecule has 4 aliphatic carbocycles. The highest BCUT2D eigenvalue weighted by molar-refractivity contribution is 5.75. The fourth-order valence-electron chi connectivity index (χ4n) is 9.11. The van der Waals surface area contributed by atoms with Gasteiger partial charge < -0.3 is 24.6 Å². The van der Waals surface area contributed by atoms with E-state index < -0.39 is 0 Å². The minimum absolute atomic E-state index is 0.118. The number of amides is 1. The van der Waals surface area contributed by atoms with E-state index in [9.17, 15) is 9.90 Å². The van der Waals surface area contributed by atoms with Gasteiger partial charge in [0.25, 0.3) is 0 Å². The molecule has 4 rings (SSSR count). The number of nitrogens with one attached hydrogen (secondary N) is 1. The van der Waals surface area contributed by atoms with Crippen LogP contribution in [0, 0.1) is 40.4 Å². The third kappa shape index (κ3) is 5.61. The Morgan fingerprint density at radius 3 is 2.51 bits per heavy atom. The van der Waals surface area contributed by atoms with Crippen molar-refractivity contribution in [1.82, 2.24) is 5.32 Å². The van der Waals surface area contributed by atoms with Gasteiger partial charge >= 0.3 is 0 Å². The molecule has 0 aliphatic heterocycles. The second kappa shape index (κ2) is 11.8. The van der Waals surface area contributed by atoms with Crippen molar-refractivity contribution < 1.29 is 24.1 Å². The number of carbonyl (C=O) groups excluding carboxylic acids is 1. The summed E-state index contributed by atoms with van der Waals surface area (Å²) in [4.78, 5) is 12.3. The molecular formula is C29H51NO5. The molecule has 0 aromatic rings. The minimum atomic E-state index is -0.118. The van der Waals surface area contributed by atoms with Crippen molar-refractivity contribution in [2.24, 2.45) is 40.4 Å². The van der Waals surface area contributed by atoms with Crippen LogP contribution in [0.25, 0.3) is 0 Å². The molecule has 0 radical (unpaired) electrons. The fourth-order valence-corrected chi connectivity index (χ4v) is 9.11. The highest BCUT2D eigenvalue weighted by atomic mass is 16.5. The molecule has 6 nitrogen and oxygen atoms in total. The van der Waals surface area contributed by atoms with E-state index in [1.807, 2.05) is 7.11 Å². The smallest absolute Gasteiger partial charge is 0.220 e. The summed E-state index contributed by atoms with van der Waals surface area (Å²) in [5.74, 6) is 3.58. The molecular weight excluding hydrogens is 442 g/mol. The number of aliphatic hydroxyl groups is 1. The molecule has 4 saturated carbocycles. The van der Waals surface area contributed by atoms with Crippen LogP contribution < -0.4 is 5.32 Å². The van der Waals surface area contributed by atoms with E-state index in [1.54, 1.807) is 7.11 Å². The number of ether oxygens (including phenoxy) is 3. The number of rotatable bonds is 11. The van der Waals surface area contributed by atoms with Crippen LogP contribution in [0.3, 0.4) is 0 Å². The van der Waals surface area contributed by atoms with Gasteiger partial charge in [-0.1, -0.05) is 13.8 Å². The lowest BCUT2D eigenvalue weighted by atomic mass is 9.44. The summed E-state index contributed by atoms with van der Waals surface area (Å²) in [6.07, 6.45) is 12.4. The second-order valence-electron chi connectivity index (χ2n) is 12.6. The van der Waals surface area contributed by atoms with Crippen LogP contribution in [-0.2, 0) is 19.0 Å². The van der Waals surface area contributed by atoms with Crippen LogP contribution in [0.5, 0.6) is 0 Å². The predicted molar refractivity (Wildman–Crippen MR) is 137 cm³/mol. The van der Waals surface area contributed by atoms with Gasteiger partial charge in [0.05, 0.1) is 32.0 Å². The van der Waals surface area contributed by atoms with E-state index in [0.29, 0.717) is 61.6 Å². The Morgan fingerprint density at radius 1 is 0.971 bits per heavy atom. The van der Waals surface area contributed by atoms with Crippen molar-refractivity contribution in [3.8, 4) is 0 Å². The highest BCUT2D eigenvalue weighted by Crippen LogP contribution is 2.68. The molecule has 6 heteroatoms. The van der Waals surface area contributed by atoms with Crippen molar-refractivity contribution in [2.75, 3.05) is 40.6 Å². The lowest BCUT2D eigenvalue weighted by Gasteiger charge is -2.62. The Hall–Kier alpha value is -0.690. The molecule has 4 fully saturated rings. The molecule has 4 aliphatic rings. The van der Waals surface area contributed by atoms with E-state index in [1.165, 1.54) is 32.1 Å². The average molecular weight is 494 g/mol. The van der Waals surface area contributed by atoms with Gasteiger partial charge in [0.1, 0.15) is 0 Å². The standard InChI is InChI=1S/C29H51NO5/c1-28-13-11-24-27(25(34-4)19-21-18-22(31)10-12-29(21,24)2)23(28)9-8-20(28)6-5-7-26(32)30-14-15-35-17-16-33-3/h20-25,27,31H,5-19H2,1-4H3,(H,30,32)/t20-,21-,22+,23-,24-,25+,27-,28+,29-/m0/s1. The first-order valence-electron chi connectivity index (χ1n) is 14.4. The fraction of sp³-hybridized carbons (Fsp3) is 0.966. The highest BCUT2D eigenvalue weighted by Gasteiger charge is 2.62. The number of hydrogen-bond donors (Lipinski definition) is 2. The first kappa shape index (κ1) is 27.3. The van der Waals surface area contributed by atoms with Gasteiger partial charge in [-0.25, -0.2) is 0 Å². The molecule has 35 heavy (non-hydrogen) atoms. The zero-order valence-corrected chi connectivity index (χ0v) is 22.7. The van der Waals surface area contributed by atoms with Crippen LogP contribution in [-0.4, -0.2) is 63.8 Å². The zero-order valence-electron chi connectivity index (χ0n) is 22.7. The zero-order chi connectivity index (χ0) is 25.1. The Morgan fingerprint density at radius 2 is 1.74 bits per heavy atom. The molecule has 0 aromatic heterocycles. The van der Waals surface area contributed by atoms with E-state index in [4.69, 9.17) is 14.2 Å². The molecule has 202 valence electrons. The van der Waals surface area contributed by atoms with Gasteiger partial charge in [0.2, 0.25) is 5.91 Å². The number of hydrogen-bond acceptors (Lipinski definition) is 5. The lowest BCUT2D eigenvalue weighted by molar-refractivity contribution is -0.180. The van der Waals surface area contributed by atoms with E-state index >= 15 is 0 Å². The summed E-state index contributed by atoms with van der Waals surface area (Å²) < 4.78 is 16.6. The molecule has 9 atom stereocenters. The normalized spacial score (nSPS) is 42.7. The Kier molecular flexibility index (Phi) is 9.21. The van der Waals surface area contributed by atoms with Crippen molar-refractivity contribution in [1.29, 1.82) is 0 Å². The number of fused-ring (bicyclic) bond motifs is 5. The van der Waals surface area contributed by atoms with Gasteiger partial charge in [-0.15, -0.1) is 0 Å². The average Bonchev–Trinajstić information content (AvgIpc) is 3.17. The molecule has 0 aromatic carbocycles. The van der Waals surface area contributed by atoms with E-state index in [-0.39, 0.29) is 12.0 Å². The van der Waals surface area contributed by atoms with E-state index in [2.05, 4.69) is 19.2 Å². The van der Waals surface area contributed by atoms with Crippen molar-refractivity contribution in [3.05, 3.63) is 0 Å². The van der Waals surface area contributed by atoms with Gasteiger partial charge in [-0.3, -0.25) is 4.79 Å². The molecule has 0 bridgehead atoms. The first-order valence-corrected chi connectivity index (χ1v) is 14.4. The largest absolute Gasteiger partial charge is 0.393 e. The maximum absolute atomic E-state index is 12.3. The third-order valence-electron chi connectivity index (χ3n) is 11.1. The molecule has 1 amide bonds. The number of carbonyl (C=O) groups is 1. The van der Waals surface area contributed by atoms with Crippen LogP contribution in [0.1, 0.15) is 84.5 Å². The maximum Gasteiger partial charge on any atom is 0.220 e.